The fraction of sp³-hybridized carbons (Fsp3) is 0.167. The Labute approximate surface area is 139 Å². The van der Waals surface area contributed by atoms with E-state index in [9.17, 15) is 9.59 Å². The molecule has 1 heterocycles. The normalized spacial score (nSPS) is 9.83. The predicted molar refractivity (Wildman–Crippen MR) is 89.2 cm³/mol. The van der Waals surface area contributed by atoms with E-state index in [1.165, 1.54) is 0 Å². The SMILES string of the molecule is O=C(O)CCC(=O)OCc1cccc2ccccc12.c1c[nH]cn1. The van der Waals surface area contributed by atoms with Gasteiger partial charge < -0.3 is 14.8 Å². The van der Waals surface area contributed by atoms with Crippen molar-refractivity contribution < 1.29 is 19.4 Å². The van der Waals surface area contributed by atoms with Gasteiger partial charge in [0.05, 0.1) is 19.2 Å². The minimum atomic E-state index is -0.998. The molecule has 0 aliphatic rings. The Kier molecular flexibility index (Phi) is 6.52. The summed E-state index contributed by atoms with van der Waals surface area (Å²) >= 11 is 0. The van der Waals surface area contributed by atoms with Crippen LogP contribution in [0.1, 0.15) is 18.4 Å². The van der Waals surface area contributed by atoms with Crippen LogP contribution in [0.5, 0.6) is 0 Å². The lowest BCUT2D eigenvalue weighted by molar-refractivity contribution is -0.148. The van der Waals surface area contributed by atoms with Crippen LogP contribution < -0.4 is 0 Å². The summed E-state index contributed by atoms with van der Waals surface area (Å²) in [5.74, 6) is -1.49. The quantitative estimate of drug-likeness (QED) is 0.703. The highest BCUT2D eigenvalue weighted by Crippen LogP contribution is 2.19. The molecule has 0 fully saturated rings. The molecule has 0 aliphatic carbocycles. The fourth-order valence-corrected chi connectivity index (χ4v) is 2.07. The number of hydrogen-bond acceptors (Lipinski definition) is 4. The van der Waals surface area contributed by atoms with Crippen molar-refractivity contribution >= 4 is 22.7 Å². The van der Waals surface area contributed by atoms with Crippen LogP contribution in [0, 0.1) is 0 Å². The highest BCUT2D eigenvalue weighted by Gasteiger charge is 2.08. The van der Waals surface area contributed by atoms with E-state index in [0.717, 1.165) is 16.3 Å². The Morgan fingerprint density at radius 2 is 1.88 bits per heavy atom. The van der Waals surface area contributed by atoms with Crippen LogP contribution in [0.3, 0.4) is 0 Å². The van der Waals surface area contributed by atoms with Gasteiger partial charge in [0.25, 0.3) is 0 Å². The molecule has 0 amide bonds. The molecule has 3 aromatic rings. The third-order valence-corrected chi connectivity index (χ3v) is 3.22. The number of ether oxygens (including phenoxy) is 1. The van der Waals surface area contributed by atoms with Gasteiger partial charge in [0.1, 0.15) is 6.61 Å². The Bertz CT molecular complexity index is 762. The van der Waals surface area contributed by atoms with Gasteiger partial charge in [0, 0.05) is 12.4 Å². The summed E-state index contributed by atoms with van der Waals surface area (Å²) in [4.78, 5) is 28.1. The number of fused-ring (bicyclic) bond motifs is 1. The van der Waals surface area contributed by atoms with E-state index in [1.54, 1.807) is 18.7 Å². The standard InChI is InChI=1S/C15H14O4.C3H4N2/c16-14(17)8-9-15(18)19-10-12-6-3-5-11-4-1-2-7-13(11)12;1-2-5-3-4-1/h1-7H,8-10H2,(H,16,17);1-3H,(H,4,5). The molecular formula is C18H18N2O4. The molecule has 0 spiro atoms. The van der Waals surface area contributed by atoms with E-state index in [1.807, 2.05) is 42.5 Å². The highest BCUT2D eigenvalue weighted by atomic mass is 16.5. The fourth-order valence-electron chi connectivity index (χ4n) is 2.07. The molecule has 0 saturated heterocycles. The molecule has 124 valence electrons. The first-order chi connectivity index (χ1) is 11.7. The van der Waals surface area contributed by atoms with E-state index in [0.29, 0.717) is 0 Å². The summed E-state index contributed by atoms with van der Waals surface area (Å²) in [5, 5.41) is 10.6. The van der Waals surface area contributed by atoms with Gasteiger partial charge in [-0.15, -0.1) is 0 Å². The first kappa shape index (κ1) is 17.2. The highest BCUT2D eigenvalue weighted by molar-refractivity contribution is 5.85. The molecule has 0 radical (unpaired) electrons. The minimum Gasteiger partial charge on any atom is -0.481 e. The lowest BCUT2D eigenvalue weighted by atomic mass is 10.1. The summed E-state index contributed by atoms with van der Waals surface area (Å²) < 4.78 is 5.08. The van der Waals surface area contributed by atoms with Gasteiger partial charge in [-0.1, -0.05) is 42.5 Å². The molecule has 0 atom stereocenters. The van der Waals surface area contributed by atoms with Crippen LogP contribution in [-0.4, -0.2) is 27.0 Å². The van der Waals surface area contributed by atoms with Crippen LogP contribution in [-0.2, 0) is 20.9 Å². The van der Waals surface area contributed by atoms with Crippen molar-refractivity contribution in [1.29, 1.82) is 0 Å². The number of benzene rings is 2. The number of nitrogens with zero attached hydrogens (tertiary/aromatic N) is 1. The van der Waals surface area contributed by atoms with Crippen LogP contribution in [0.4, 0.5) is 0 Å². The number of aliphatic carboxylic acids is 1. The van der Waals surface area contributed by atoms with Gasteiger partial charge in [0.2, 0.25) is 0 Å². The second kappa shape index (κ2) is 9.09. The number of H-pyrrole nitrogens is 1. The molecule has 3 rings (SSSR count). The maximum Gasteiger partial charge on any atom is 0.306 e. The topological polar surface area (TPSA) is 92.3 Å². The van der Waals surface area contributed by atoms with Gasteiger partial charge in [-0.05, 0) is 16.3 Å². The third-order valence-electron chi connectivity index (χ3n) is 3.22. The first-order valence-electron chi connectivity index (χ1n) is 7.43. The minimum absolute atomic E-state index is 0.0971. The molecule has 0 aliphatic heterocycles. The number of aromatic nitrogens is 2. The Morgan fingerprint density at radius 3 is 2.54 bits per heavy atom. The molecule has 6 heteroatoms. The van der Waals surface area contributed by atoms with Gasteiger partial charge in [-0.2, -0.15) is 0 Å². The predicted octanol–water partition coefficient (Wildman–Crippen LogP) is 3.16. The average molecular weight is 326 g/mol. The van der Waals surface area contributed by atoms with Crippen LogP contribution >= 0.6 is 0 Å². The molecule has 0 saturated carbocycles. The Morgan fingerprint density at radius 1 is 1.08 bits per heavy atom. The van der Waals surface area contributed by atoms with E-state index in [-0.39, 0.29) is 19.4 Å². The second-order valence-electron chi connectivity index (χ2n) is 4.95. The van der Waals surface area contributed by atoms with Crippen molar-refractivity contribution in [2.75, 3.05) is 0 Å². The number of carbonyl (C=O) groups excluding carboxylic acids is 1. The van der Waals surface area contributed by atoms with Gasteiger partial charge in [-0.25, -0.2) is 4.98 Å². The monoisotopic (exact) mass is 326 g/mol. The maximum absolute atomic E-state index is 11.4. The number of esters is 1. The summed E-state index contributed by atoms with van der Waals surface area (Å²) in [6, 6.07) is 13.6. The lowest BCUT2D eigenvalue weighted by Gasteiger charge is -2.07. The van der Waals surface area contributed by atoms with Crippen molar-refractivity contribution in [2.45, 2.75) is 19.4 Å². The van der Waals surface area contributed by atoms with Gasteiger partial charge in [-0.3, -0.25) is 9.59 Å². The zero-order valence-corrected chi connectivity index (χ0v) is 13.0. The Hall–Kier alpha value is -3.15. The lowest BCUT2D eigenvalue weighted by Crippen LogP contribution is -2.07. The molecule has 0 unspecified atom stereocenters. The van der Waals surface area contributed by atoms with Crippen molar-refractivity contribution in [3.05, 3.63) is 66.7 Å². The number of rotatable bonds is 5. The molecule has 6 nitrogen and oxygen atoms in total. The Balaban J connectivity index is 0.000000355. The zero-order chi connectivity index (χ0) is 17.2. The average Bonchev–Trinajstić information content (AvgIpc) is 3.18. The summed E-state index contributed by atoms with van der Waals surface area (Å²) in [5.41, 5.74) is 0.918. The van der Waals surface area contributed by atoms with Crippen molar-refractivity contribution in [1.82, 2.24) is 9.97 Å². The van der Waals surface area contributed by atoms with Crippen molar-refractivity contribution in [3.8, 4) is 0 Å². The van der Waals surface area contributed by atoms with Crippen molar-refractivity contribution in [2.24, 2.45) is 0 Å². The summed E-state index contributed by atoms with van der Waals surface area (Å²) in [6.07, 6.45) is 4.79. The zero-order valence-electron chi connectivity index (χ0n) is 13.0. The number of nitrogens with one attached hydrogen (secondary N) is 1. The summed E-state index contributed by atoms with van der Waals surface area (Å²) in [6.45, 7) is 0.166. The van der Waals surface area contributed by atoms with E-state index < -0.39 is 11.9 Å². The first-order valence-corrected chi connectivity index (χ1v) is 7.43. The van der Waals surface area contributed by atoms with Gasteiger partial charge >= 0.3 is 11.9 Å². The van der Waals surface area contributed by atoms with Crippen LogP contribution in [0.25, 0.3) is 10.8 Å². The van der Waals surface area contributed by atoms with Crippen LogP contribution in [0.15, 0.2) is 61.2 Å². The smallest absolute Gasteiger partial charge is 0.306 e. The number of aromatic amines is 1. The number of carboxylic acids is 1. The molecule has 2 aromatic carbocycles. The second-order valence-corrected chi connectivity index (χ2v) is 4.95. The molecule has 0 bridgehead atoms. The van der Waals surface area contributed by atoms with Gasteiger partial charge in [0.15, 0.2) is 0 Å². The van der Waals surface area contributed by atoms with Crippen LogP contribution in [0.2, 0.25) is 0 Å². The van der Waals surface area contributed by atoms with E-state index >= 15 is 0 Å². The number of hydrogen-bond donors (Lipinski definition) is 2. The number of imidazole rings is 1. The number of carboxylic acid groups (broad SMARTS) is 1. The van der Waals surface area contributed by atoms with E-state index in [2.05, 4.69) is 9.97 Å². The maximum atomic E-state index is 11.4. The third kappa shape index (κ3) is 5.57. The molecule has 24 heavy (non-hydrogen) atoms. The van der Waals surface area contributed by atoms with E-state index in [4.69, 9.17) is 9.84 Å². The summed E-state index contributed by atoms with van der Waals surface area (Å²) in [7, 11) is 0. The molecule has 1 aromatic heterocycles. The number of carbonyl (C=O) groups is 2. The molecule has 2 N–H and O–H groups in total. The largest absolute Gasteiger partial charge is 0.481 e. The van der Waals surface area contributed by atoms with Crippen molar-refractivity contribution in [3.63, 3.8) is 0 Å². The molecular weight excluding hydrogens is 308 g/mol.